The van der Waals surface area contributed by atoms with Crippen molar-refractivity contribution in [3.8, 4) is 0 Å². The van der Waals surface area contributed by atoms with Crippen molar-refractivity contribution in [3.63, 3.8) is 0 Å². The average molecular weight is 322 g/mol. The smallest absolute Gasteiger partial charge is 0.131 e. The van der Waals surface area contributed by atoms with Gasteiger partial charge < -0.3 is 0 Å². The summed E-state index contributed by atoms with van der Waals surface area (Å²) < 4.78 is 0. The summed E-state index contributed by atoms with van der Waals surface area (Å²) in [5, 5.41) is 1.25. The number of thiophene rings is 1. The fourth-order valence-corrected chi connectivity index (χ4v) is 4.33. The molecular weight excluding hydrogens is 304 g/mol. The lowest BCUT2D eigenvalue weighted by Gasteiger charge is -2.27. The molecule has 0 N–H and O–H groups in total. The van der Waals surface area contributed by atoms with Crippen molar-refractivity contribution in [2.45, 2.75) is 38.3 Å². The molecule has 0 spiro atoms. The number of hydrogen-bond donors (Lipinski definition) is 0. The van der Waals surface area contributed by atoms with Crippen LogP contribution < -0.4 is 0 Å². The van der Waals surface area contributed by atoms with E-state index in [1.165, 1.54) is 34.4 Å². The minimum atomic E-state index is 0.643. The van der Waals surface area contributed by atoms with Crippen LogP contribution >= 0.6 is 11.3 Å². The fraction of sp³-hybridized carbons (Fsp3) is 0.389. The third-order valence-electron chi connectivity index (χ3n) is 4.70. The summed E-state index contributed by atoms with van der Waals surface area (Å²) in [7, 11) is 0. The van der Waals surface area contributed by atoms with E-state index in [4.69, 9.17) is 4.98 Å². The topological polar surface area (TPSA) is 41.9 Å². The van der Waals surface area contributed by atoms with Crippen LogP contribution in [0.3, 0.4) is 0 Å². The van der Waals surface area contributed by atoms with E-state index in [-0.39, 0.29) is 0 Å². The van der Waals surface area contributed by atoms with Gasteiger partial charge in [0, 0.05) is 65.9 Å². The Balaban J connectivity index is 1.34. The standard InChI is InChI=1S/C18H18N4S/c1-2-13-8-15(23-18(13)19-6-1)11-22-7-5-16-14(10-22)9-20-17(21-16)12-3-4-12/h1-2,6,8-9,12H,3-5,7,10-11H2. The third kappa shape index (κ3) is 2.64. The molecular formula is C18H18N4S. The second-order valence-corrected chi connectivity index (χ2v) is 7.66. The quantitative estimate of drug-likeness (QED) is 0.740. The zero-order chi connectivity index (χ0) is 15.2. The molecule has 1 aliphatic heterocycles. The monoisotopic (exact) mass is 322 g/mol. The van der Waals surface area contributed by atoms with Crippen LogP contribution in [0.1, 0.15) is 40.7 Å². The maximum absolute atomic E-state index is 4.81. The Labute approximate surface area is 139 Å². The van der Waals surface area contributed by atoms with E-state index in [0.717, 1.165) is 36.7 Å². The number of nitrogens with zero attached hydrogens (tertiary/aromatic N) is 4. The minimum Gasteiger partial charge on any atom is -0.293 e. The van der Waals surface area contributed by atoms with Gasteiger partial charge in [0.1, 0.15) is 10.7 Å². The third-order valence-corrected chi connectivity index (χ3v) is 5.74. The summed E-state index contributed by atoms with van der Waals surface area (Å²) in [5.41, 5.74) is 2.58. The van der Waals surface area contributed by atoms with E-state index in [2.05, 4.69) is 33.2 Å². The molecule has 1 aliphatic carbocycles. The summed E-state index contributed by atoms with van der Waals surface area (Å²) in [4.78, 5) is 18.9. The molecule has 5 heteroatoms. The Bertz CT molecular complexity index is 835. The minimum absolute atomic E-state index is 0.643. The predicted molar refractivity (Wildman–Crippen MR) is 91.4 cm³/mol. The molecule has 0 amide bonds. The van der Waals surface area contributed by atoms with Gasteiger partial charge in [-0.1, -0.05) is 6.07 Å². The van der Waals surface area contributed by atoms with Crippen molar-refractivity contribution in [2.75, 3.05) is 6.54 Å². The van der Waals surface area contributed by atoms with Gasteiger partial charge in [0.2, 0.25) is 0 Å². The number of rotatable bonds is 3. The summed E-state index contributed by atoms with van der Waals surface area (Å²) >= 11 is 1.80. The van der Waals surface area contributed by atoms with Gasteiger partial charge in [-0.05, 0) is 25.0 Å². The molecule has 4 heterocycles. The first-order chi connectivity index (χ1) is 11.3. The van der Waals surface area contributed by atoms with E-state index in [1.54, 1.807) is 11.3 Å². The molecule has 1 fully saturated rings. The Morgan fingerprint density at radius 3 is 3.09 bits per heavy atom. The van der Waals surface area contributed by atoms with Crippen LogP contribution in [0.2, 0.25) is 0 Å². The van der Waals surface area contributed by atoms with Crippen LogP contribution in [0.4, 0.5) is 0 Å². The number of pyridine rings is 1. The van der Waals surface area contributed by atoms with Gasteiger partial charge in [-0.25, -0.2) is 15.0 Å². The lowest BCUT2D eigenvalue weighted by molar-refractivity contribution is 0.244. The Morgan fingerprint density at radius 2 is 2.22 bits per heavy atom. The highest BCUT2D eigenvalue weighted by Gasteiger charge is 2.28. The van der Waals surface area contributed by atoms with Gasteiger partial charge in [-0.3, -0.25) is 4.90 Å². The van der Waals surface area contributed by atoms with E-state index in [0.29, 0.717) is 5.92 Å². The lowest BCUT2D eigenvalue weighted by atomic mass is 10.1. The van der Waals surface area contributed by atoms with E-state index < -0.39 is 0 Å². The lowest BCUT2D eigenvalue weighted by Crippen LogP contribution is -2.30. The van der Waals surface area contributed by atoms with Gasteiger partial charge in [0.05, 0.1) is 0 Å². The van der Waals surface area contributed by atoms with Crippen LogP contribution in [-0.4, -0.2) is 26.4 Å². The normalized spacial score (nSPS) is 18.3. The summed E-state index contributed by atoms with van der Waals surface area (Å²) in [5.74, 6) is 1.72. The maximum Gasteiger partial charge on any atom is 0.131 e. The molecule has 0 aromatic carbocycles. The molecule has 4 nitrogen and oxygen atoms in total. The molecule has 0 atom stereocenters. The van der Waals surface area contributed by atoms with Crippen molar-refractivity contribution in [1.29, 1.82) is 0 Å². The first-order valence-corrected chi connectivity index (χ1v) is 9.07. The van der Waals surface area contributed by atoms with Crippen LogP contribution in [-0.2, 0) is 19.5 Å². The van der Waals surface area contributed by atoms with Crippen molar-refractivity contribution >= 4 is 21.6 Å². The van der Waals surface area contributed by atoms with Crippen LogP contribution in [0.5, 0.6) is 0 Å². The molecule has 0 unspecified atom stereocenters. The molecule has 2 aliphatic rings. The predicted octanol–water partition coefficient (Wildman–Crippen LogP) is 3.52. The van der Waals surface area contributed by atoms with Crippen LogP contribution in [0.15, 0.2) is 30.6 Å². The highest BCUT2D eigenvalue weighted by molar-refractivity contribution is 7.18. The van der Waals surface area contributed by atoms with Crippen LogP contribution in [0.25, 0.3) is 10.2 Å². The van der Waals surface area contributed by atoms with Gasteiger partial charge in [-0.15, -0.1) is 11.3 Å². The Kier molecular flexibility index (Phi) is 3.16. The second-order valence-electron chi connectivity index (χ2n) is 6.55. The molecule has 3 aromatic rings. The van der Waals surface area contributed by atoms with E-state index in [9.17, 15) is 0 Å². The second kappa shape index (κ2) is 5.35. The number of aromatic nitrogens is 3. The molecule has 116 valence electrons. The van der Waals surface area contributed by atoms with Gasteiger partial charge in [0.25, 0.3) is 0 Å². The first-order valence-electron chi connectivity index (χ1n) is 8.25. The first kappa shape index (κ1) is 13.6. The summed E-state index contributed by atoms with van der Waals surface area (Å²) in [6, 6.07) is 6.42. The zero-order valence-electron chi connectivity index (χ0n) is 12.9. The molecule has 0 radical (unpaired) electrons. The van der Waals surface area contributed by atoms with E-state index >= 15 is 0 Å². The number of fused-ring (bicyclic) bond motifs is 2. The molecule has 3 aromatic heterocycles. The number of hydrogen-bond acceptors (Lipinski definition) is 5. The molecule has 23 heavy (non-hydrogen) atoms. The zero-order valence-corrected chi connectivity index (χ0v) is 13.7. The van der Waals surface area contributed by atoms with Gasteiger partial charge in [-0.2, -0.15) is 0 Å². The fourth-order valence-electron chi connectivity index (χ4n) is 3.29. The van der Waals surface area contributed by atoms with Crippen molar-refractivity contribution in [3.05, 3.63) is 52.6 Å². The van der Waals surface area contributed by atoms with Crippen molar-refractivity contribution in [2.24, 2.45) is 0 Å². The van der Waals surface area contributed by atoms with E-state index in [1.807, 2.05) is 12.3 Å². The van der Waals surface area contributed by atoms with Crippen molar-refractivity contribution < 1.29 is 0 Å². The summed E-state index contributed by atoms with van der Waals surface area (Å²) in [6.07, 6.45) is 7.51. The average Bonchev–Trinajstić information content (AvgIpc) is 3.34. The Morgan fingerprint density at radius 1 is 1.26 bits per heavy atom. The van der Waals surface area contributed by atoms with Crippen molar-refractivity contribution in [1.82, 2.24) is 19.9 Å². The molecule has 0 saturated heterocycles. The largest absolute Gasteiger partial charge is 0.293 e. The maximum atomic E-state index is 4.81. The van der Waals surface area contributed by atoms with Crippen LogP contribution in [0, 0.1) is 0 Å². The highest BCUT2D eigenvalue weighted by atomic mass is 32.1. The van der Waals surface area contributed by atoms with Gasteiger partial charge >= 0.3 is 0 Å². The highest BCUT2D eigenvalue weighted by Crippen LogP contribution is 2.38. The molecule has 0 bridgehead atoms. The summed E-state index contributed by atoms with van der Waals surface area (Å²) in [6.45, 7) is 3.03. The van der Waals surface area contributed by atoms with Gasteiger partial charge in [0.15, 0.2) is 0 Å². The SMILES string of the molecule is c1cnc2sc(CN3CCc4nc(C5CC5)ncc4C3)cc2c1. The molecule has 5 rings (SSSR count). The Hall–Kier alpha value is -1.85. The molecule has 1 saturated carbocycles.